The van der Waals surface area contributed by atoms with Crippen LogP contribution in [0.25, 0.3) is 0 Å². The quantitative estimate of drug-likeness (QED) is 0.816. The van der Waals surface area contributed by atoms with Gasteiger partial charge in [-0.15, -0.1) is 11.8 Å². The molecule has 2 aromatic rings. The molecule has 0 amide bonds. The Balaban J connectivity index is 2.02. The van der Waals surface area contributed by atoms with Crippen LogP contribution in [-0.2, 0) is 5.75 Å². The fourth-order valence-corrected chi connectivity index (χ4v) is 3.08. The smallest absolute Gasteiger partial charge is 0.126 e. The molecule has 0 aliphatic heterocycles. The summed E-state index contributed by atoms with van der Waals surface area (Å²) in [6.45, 7) is 2.97. The second kappa shape index (κ2) is 6.81. The number of aromatic nitrogens is 1. The van der Waals surface area contributed by atoms with E-state index in [4.69, 9.17) is 0 Å². The van der Waals surface area contributed by atoms with E-state index in [-0.39, 0.29) is 0 Å². The number of pyridine rings is 1. The van der Waals surface area contributed by atoms with Crippen LogP contribution < -0.4 is 5.32 Å². The average molecular weight is 323 g/mol. The first kappa shape index (κ1) is 13.4. The summed E-state index contributed by atoms with van der Waals surface area (Å²) in [6, 6.07) is 12.5. The van der Waals surface area contributed by atoms with Crippen molar-refractivity contribution in [2.75, 3.05) is 11.9 Å². The van der Waals surface area contributed by atoms with E-state index in [0.717, 1.165) is 22.6 Å². The third-order valence-corrected chi connectivity index (χ3v) is 4.51. The molecule has 2 nitrogen and oxygen atoms in total. The van der Waals surface area contributed by atoms with Gasteiger partial charge in [-0.05, 0) is 52.7 Å². The number of hydrogen-bond donors (Lipinski definition) is 1. The summed E-state index contributed by atoms with van der Waals surface area (Å²) in [5, 5.41) is 3.23. The molecule has 0 saturated heterocycles. The van der Waals surface area contributed by atoms with E-state index in [1.165, 1.54) is 10.5 Å². The van der Waals surface area contributed by atoms with Crippen LogP contribution in [0.2, 0.25) is 0 Å². The van der Waals surface area contributed by atoms with E-state index in [9.17, 15) is 0 Å². The Labute approximate surface area is 120 Å². The van der Waals surface area contributed by atoms with E-state index < -0.39 is 0 Å². The highest BCUT2D eigenvalue weighted by Crippen LogP contribution is 2.29. The maximum absolute atomic E-state index is 4.27. The molecule has 0 aliphatic rings. The molecule has 18 heavy (non-hydrogen) atoms. The molecule has 0 radical (unpaired) electrons. The summed E-state index contributed by atoms with van der Waals surface area (Å²) >= 11 is 5.39. The molecule has 0 bridgehead atoms. The predicted octanol–water partition coefficient (Wildman–Crippen LogP) is 4.57. The van der Waals surface area contributed by atoms with Crippen LogP contribution in [0.15, 0.2) is 52.0 Å². The Kier molecular flexibility index (Phi) is 5.08. The van der Waals surface area contributed by atoms with Gasteiger partial charge < -0.3 is 5.32 Å². The normalized spacial score (nSPS) is 10.3. The van der Waals surface area contributed by atoms with Gasteiger partial charge in [0.2, 0.25) is 0 Å². The number of rotatable bonds is 5. The zero-order chi connectivity index (χ0) is 12.8. The van der Waals surface area contributed by atoms with Crippen molar-refractivity contribution in [2.24, 2.45) is 0 Å². The summed E-state index contributed by atoms with van der Waals surface area (Å²) in [5.74, 6) is 1.89. The highest BCUT2D eigenvalue weighted by molar-refractivity contribution is 9.10. The lowest BCUT2D eigenvalue weighted by Crippen LogP contribution is -1.99. The number of anilines is 1. The molecule has 0 spiro atoms. The maximum atomic E-state index is 4.27. The molecular formula is C14H15BrN2S. The molecule has 1 N–H and O–H groups in total. The van der Waals surface area contributed by atoms with Gasteiger partial charge in [0.1, 0.15) is 5.82 Å². The van der Waals surface area contributed by atoms with Crippen LogP contribution in [-0.4, -0.2) is 11.5 Å². The van der Waals surface area contributed by atoms with Crippen molar-refractivity contribution in [3.8, 4) is 0 Å². The van der Waals surface area contributed by atoms with Gasteiger partial charge >= 0.3 is 0 Å². The number of halogens is 1. The van der Waals surface area contributed by atoms with E-state index >= 15 is 0 Å². The molecule has 1 heterocycles. The second-order valence-electron chi connectivity index (χ2n) is 3.80. The monoisotopic (exact) mass is 322 g/mol. The van der Waals surface area contributed by atoms with Gasteiger partial charge in [-0.3, -0.25) is 0 Å². The van der Waals surface area contributed by atoms with Crippen LogP contribution in [0.3, 0.4) is 0 Å². The Hall–Kier alpha value is -1.00. The van der Waals surface area contributed by atoms with Gasteiger partial charge in [-0.25, -0.2) is 4.98 Å². The zero-order valence-electron chi connectivity index (χ0n) is 10.2. The molecule has 94 valence electrons. The van der Waals surface area contributed by atoms with Crippen molar-refractivity contribution >= 4 is 33.5 Å². The number of benzene rings is 1. The van der Waals surface area contributed by atoms with Crippen molar-refractivity contribution in [2.45, 2.75) is 17.6 Å². The SMILES string of the molecule is CCNc1cc(CSc2ccccc2Br)ccn1. The lowest BCUT2D eigenvalue weighted by atomic mass is 10.3. The van der Waals surface area contributed by atoms with Gasteiger partial charge in [-0.1, -0.05) is 12.1 Å². The molecule has 4 heteroatoms. The molecule has 0 aliphatic carbocycles. The van der Waals surface area contributed by atoms with Crippen LogP contribution >= 0.6 is 27.7 Å². The number of hydrogen-bond acceptors (Lipinski definition) is 3. The Morgan fingerprint density at radius 2 is 2.11 bits per heavy atom. The minimum Gasteiger partial charge on any atom is -0.370 e. The van der Waals surface area contributed by atoms with E-state index in [1.54, 1.807) is 0 Å². The van der Waals surface area contributed by atoms with Gasteiger partial charge in [0.15, 0.2) is 0 Å². The minimum atomic E-state index is 0.897. The predicted molar refractivity (Wildman–Crippen MR) is 82.1 cm³/mol. The molecule has 0 unspecified atom stereocenters. The Bertz CT molecular complexity index is 517. The van der Waals surface area contributed by atoms with Crippen molar-refractivity contribution in [3.63, 3.8) is 0 Å². The number of thioether (sulfide) groups is 1. The van der Waals surface area contributed by atoms with E-state index in [0.29, 0.717) is 0 Å². The largest absolute Gasteiger partial charge is 0.370 e. The molecule has 0 saturated carbocycles. The maximum Gasteiger partial charge on any atom is 0.126 e. The standard InChI is InChI=1S/C14H15BrN2S/c1-2-16-14-9-11(7-8-17-14)10-18-13-6-4-3-5-12(13)15/h3-9H,2,10H2,1H3,(H,16,17). The summed E-state index contributed by atoms with van der Waals surface area (Å²) < 4.78 is 1.15. The number of nitrogens with zero attached hydrogens (tertiary/aromatic N) is 1. The van der Waals surface area contributed by atoms with Gasteiger partial charge in [0.05, 0.1) is 0 Å². The van der Waals surface area contributed by atoms with E-state index in [2.05, 4.69) is 63.5 Å². The Morgan fingerprint density at radius 1 is 1.28 bits per heavy atom. The molecule has 0 fully saturated rings. The average Bonchev–Trinajstić information content (AvgIpc) is 2.39. The molecule has 1 aromatic heterocycles. The molecule has 1 aromatic carbocycles. The highest BCUT2D eigenvalue weighted by atomic mass is 79.9. The summed E-state index contributed by atoms with van der Waals surface area (Å²) in [6.07, 6.45) is 1.86. The van der Waals surface area contributed by atoms with Crippen LogP contribution in [0, 0.1) is 0 Å². The first-order chi connectivity index (χ1) is 8.79. The van der Waals surface area contributed by atoms with Crippen LogP contribution in [0.4, 0.5) is 5.82 Å². The lowest BCUT2D eigenvalue weighted by Gasteiger charge is -2.06. The topological polar surface area (TPSA) is 24.9 Å². The molecule has 0 atom stereocenters. The van der Waals surface area contributed by atoms with E-state index in [1.807, 2.05) is 24.0 Å². The fraction of sp³-hybridized carbons (Fsp3) is 0.214. The summed E-state index contributed by atoms with van der Waals surface area (Å²) in [7, 11) is 0. The molecular weight excluding hydrogens is 308 g/mol. The van der Waals surface area contributed by atoms with Crippen LogP contribution in [0.1, 0.15) is 12.5 Å². The summed E-state index contributed by atoms with van der Waals surface area (Å²) in [5.41, 5.74) is 1.28. The molecule has 2 rings (SSSR count). The Morgan fingerprint density at radius 3 is 2.89 bits per heavy atom. The van der Waals surface area contributed by atoms with Crippen molar-refractivity contribution in [1.29, 1.82) is 0 Å². The van der Waals surface area contributed by atoms with Crippen molar-refractivity contribution in [1.82, 2.24) is 4.98 Å². The first-order valence-corrected chi connectivity index (χ1v) is 7.63. The van der Waals surface area contributed by atoms with Crippen LogP contribution in [0.5, 0.6) is 0 Å². The fourth-order valence-electron chi connectivity index (χ4n) is 1.56. The van der Waals surface area contributed by atoms with Crippen molar-refractivity contribution < 1.29 is 0 Å². The van der Waals surface area contributed by atoms with Gasteiger partial charge in [0, 0.05) is 27.9 Å². The lowest BCUT2D eigenvalue weighted by molar-refractivity contribution is 1.15. The second-order valence-corrected chi connectivity index (χ2v) is 5.67. The van der Waals surface area contributed by atoms with Gasteiger partial charge in [-0.2, -0.15) is 0 Å². The van der Waals surface area contributed by atoms with Gasteiger partial charge in [0.25, 0.3) is 0 Å². The first-order valence-electron chi connectivity index (χ1n) is 5.85. The highest BCUT2D eigenvalue weighted by Gasteiger charge is 2.01. The number of nitrogens with one attached hydrogen (secondary N) is 1. The third-order valence-electron chi connectivity index (χ3n) is 2.41. The zero-order valence-corrected chi connectivity index (χ0v) is 12.6. The van der Waals surface area contributed by atoms with Crippen molar-refractivity contribution in [3.05, 3.63) is 52.6 Å². The minimum absolute atomic E-state index is 0.897. The third kappa shape index (κ3) is 3.75. The summed E-state index contributed by atoms with van der Waals surface area (Å²) in [4.78, 5) is 5.54.